The summed E-state index contributed by atoms with van der Waals surface area (Å²) >= 11 is 0. The molecule has 0 radical (unpaired) electrons. The molecule has 1 amide bonds. The van der Waals surface area contributed by atoms with Gasteiger partial charge in [-0.2, -0.15) is 4.98 Å². The molecule has 0 aliphatic heterocycles. The van der Waals surface area contributed by atoms with Crippen molar-refractivity contribution in [2.24, 2.45) is 0 Å². The van der Waals surface area contributed by atoms with Crippen LogP contribution < -0.4 is 25.4 Å². The minimum atomic E-state index is -3.68. The van der Waals surface area contributed by atoms with E-state index in [-0.39, 0.29) is 4.90 Å². The zero-order chi connectivity index (χ0) is 30.3. The summed E-state index contributed by atoms with van der Waals surface area (Å²) in [7, 11) is -3.68. The summed E-state index contributed by atoms with van der Waals surface area (Å²) in [5.74, 6) is 1.61. The summed E-state index contributed by atoms with van der Waals surface area (Å²) < 4.78 is 39.1. The number of carbonyl (C=O) groups is 1. The van der Waals surface area contributed by atoms with Crippen LogP contribution in [0.4, 0.5) is 27.9 Å². The monoisotopic (exact) mass is 584 g/mol. The molecule has 0 saturated carbocycles. The maximum atomic E-state index is 12.8. The van der Waals surface area contributed by atoms with Gasteiger partial charge >= 0.3 is 6.09 Å². The molecule has 0 saturated heterocycles. The highest BCUT2D eigenvalue weighted by atomic mass is 32.2. The number of hydrogen-bond acceptors (Lipinski definition) is 9. The van der Waals surface area contributed by atoms with Crippen LogP contribution in [-0.4, -0.2) is 48.8 Å². The Morgan fingerprint density at radius 1 is 0.951 bits per heavy atom. The van der Waals surface area contributed by atoms with E-state index >= 15 is 0 Å². The van der Waals surface area contributed by atoms with E-state index in [1.165, 1.54) is 0 Å². The van der Waals surface area contributed by atoms with E-state index in [9.17, 15) is 13.2 Å². The molecule has 0 aliphatic carbocycles. The topological polar surface area (TPSA) is 144 Å². The summed E-state index contributed by atoms with van der Waals surface area (Å²) in [6.45, 7) is 13.6. The Morgan fingerprint density at radius 2 is 1.66 bits per heavy atom. The van der Waals surface area contributed by atoms with Crippen molar-refractivity contribution < 1.29 is 22.7 Å². The molecule has 12 heteroatoms. The molecule has 222 valence electrons. The summed E-state index contributed by atoms with van der Waals surface area (Å²) in [4.78, 5) is 20.8. The number of aromatic nitrogens is 2. The summed E-state index contributed by atoms with van der Waals surface area (Å²) in [5, 5.41) is 9.07. The van der Waals surface area contributed by atoms with Gasteiger partial charge in [-0.05, 0) is 97.4 Å². The first kappa shape index (κ1) is 31.6. The maximum Gasteiger partial charge on any atom is 0.407 e. The van der Waals surface area contributed by atoms with Gasteiger partial charge in [-0.3, -0.25) is 0 Å². The lowest BCUT2D eigenvalue weighted by molar-refractivity contribution is 0.0525. The fourth-order valence-electron chi connectivity index (χ4n) is 3.50. The van der Waals surface area contributed by atoms with Crippen molar-refractivity contribution in [3.05, 3.63) is 60.3 Å². The number of benzene rings is 2. The lowest BCUT2D eigenvalue weighted by Crippen LogP contribution is -2.40. The predicted octanol–water partition coefficient (Wildman–Crippen LogP) is 5.64. The van der Waals surface area contributed by atoms with Gasteiger partial charge < -0.3 is 25.4 Å². The largest absolute Gasteiger partial charge is 0.494 e. The number of sulfonamides is 1. The molecule has 1 heterocycles. The molecule has 3 rings (SSSR count). The van der Waals surface area contributed by atoms with Crippen LogP contribution in [-0.2, 0) is 14.8 Å². The fourth-order valence-corrected chi connectivity index (χ4v) is 4.96. The average molecular weight is 585 g/mol. The molecule has 0 aliphatic rings. The molecule has 2 aromatic carbocycles. The number of hydrogen-bond donors (Lipinski definition) is 4. The number of rotatable bonds is 11. The molecular formula is C29H40N6O5S. The molecule has 0 fully saturated rings. The van der Waals surface area contributed by atoms with Crippen molar-refractivity contribution in [1.82, 2.24) is 20.0 Å². The van der Waals surface area contributed by atoms with Crippen LogP contribution in [0, 0.1) is 6.92 Å². The maximum absolute atomic E-state index is 12.8. The lowest BCUT2D eigenvalue weighted by Gasteiger charge is -2.20. The van der Waals surface area contributed by atoms with Crippen molar-refractivity contribution in [3.8, 4) is 5.75 Å². The number of nitrogens with one attached hydrogen (secondary N) is 4. The summed E-state index contributed by atoms with van der Waals surface area (Å²) in [6, 6.07) is 13.9. The van der Waals surface area contributed by atoms with Gasteiger partial charge in [0.05, 0.1) is 11.5 Å². The normalized spacial score (nSPS) is 12.0. The SMILES string of the molecule is Cc1cnc(Nc2ccc(OCCCNC(=O)OC(C)(C)C)cc2)nc1Nc1cccc(S(=O)(=O)NC(C)(C)C)c1. The highest BCUT2D eigenvalue weighted by Gasteiger charge is 2.22. The zero-order valence-electron chi connectivity index (χ0n) is 24.7. The molecule has 1 aromatic heterocycles. The molecule has 0 spiro atoms. The second-order valence-electron chi connectivity index (χ2n) is 11.5. The van der Waals surface area contributed by atoms with Gasteiger partial charge in [0.2, 0.25) is 16.0 Å². The fraction of sp³-hybridized carbons (Fsp3) is 0.414. The van der Waals surface area contributed by atoms with Crippen molar-refractivity contribution >= 4 is 39.3 Å². The van der Waals surface area contributed by atoms with Gasteiger partial charge in [-0.25, -0.2) is 22.9 Å². The molecule has 0 bridgehead atoms. The Labute approximate surface area is 242 Å². The summed E-state index contributed by atoms with van der Waals surface area (Å²) in [6.07, 6.45) is 1.87. The van der Waals surface area contributed by atoms with Crippen LogP contribution in [0.3, 0.4) is 0 Å². The second kappa shape index (κ2) is 13.2. The standard InChI is InChI=1S/C29H40N6O5S/c1-20-19-31-26(34-25(20)32-22-10-8-11-24(18-22)41(37,38)35-28(2,3)4)33-21-12-14-23(15-13-21)39-17-9-16-30-27(36)40-29(5,6)7/h8,10-15,18-19,35H,9,16-17H2,1-7H3,(H,30,36)(H2,31,32,33,34). The third-order valence-electron chi connectivity index (χ3n) is 5.19. The average Bonchev–Trinajstić information content (AvgIpc) is 2.84. The Bertz CT molecular complexity index is 1430. The minimum absolute atomic E-state index is 0.157. The number of nitrogens with zero attached hydrogens (tertiary/aromatic N) is 2. The van der Waals surface area contributed by atoms with E-state index in [0.717, 1.165) is 11.3 Å². The van der Waals surface area contributed by atoms with Crippen molar-refractivity contribution in [1.29, 1.82) is 0 Å². The first-order valence-electron chi connectivity index (χ1n) is 13.3. The van der Waals surface area contributed by atoms with Crippen LogP contribution in [0.1, 0.15) is 53.5 Å². The third-order valence-corrected chi connectivity index (χ3v) is 6.94. The smallest absolute Gasteiger partial charge is 0.407 e. The lowest BCUT2D eigenvalue weighted by atomic mass is 10.1. The Balaban J connectivity index is 1.56. The molecule has 0 atom stereocenters. The van der Waals surface area contributed by atoms with Gasteiger partial charge in [-0.1, -0.05) is 6.07 Å². The van der Waals surface area contributed by atoms with Crippen LogP contribution in [0.25, 0.3) is 0 Å². The van der Waals surface area contributed by atoms with Crippen molar-refractivity contribution in [2.75, 3.05) is 23.8 Å². The van der Waals surface area contributed by atoms with Crippen molar-refractivity contribution in [3.63, 3.8) is 0 Å². The van der Waals surface area contributed by atoms with E-state index in [1.54, 1.807) is 51.2 Å². The molecule has 11 nitrogen and oxygen atoms in total. The van der Waals surface area contributed by atoms with Gasteiger partial charge in [0.15, 0.2) is 0 Å². The number of ether oxygens (including phenoxy) is 2. The molecule has 41 heavy (non-hydrogen) atoms. The minimum Gasteiger partial charge on any atom is -0.494 e. The molecule has 0 unspecified atom stereocenters. The predicted molar refractivity (Wildman–Crippen MR) is 161 cm³/mol. The van der Waals surface area contributed by atoms with Gasteiger partial charge in [-0.15, -0.1) is 0 Å². The molecule has 4 N–H and O–H groups in total. The second-order valence-corrected chi connectivity index (χ2v) is 13.2. The highest BCUT2D eigenvalue weighted by molar-refractivity contribution is 7.89. The number of amides is 1. The van der Waals surface area contributed by atoms with Crippen LogP contribution in [0.2, 0.25) is 0 Å². The van der Waals surface area contributed by atoms with Crippen LogP contribution >= 0.6 is 0 Å². The van der Waals surface area contributed by atoms with Gasteiger partial charge in [0, 0.05) is 35.2 Å². The Kier molecular flexibility index (Phi) is 10.2. The number of aryl methyl sites for hydroxylation is 1. The Morgan fingerprint density at radius 3 is 2.32 bits per heavy atom. The van der Waals surface area contributed by atoms with Crippen LogP contribution in [0.5, 0.6) is 5.75 Å². The number of carbonyl (C=O) groups excluding carboxylic acids is 1. The van der Waals surface area contributed by atoms with Gasteiger partial charge in [0.1, 0.15) is 17.2 Å². The first-order chi connectivity index (χ1) is 19.1. The zero-order valence-corrected chi connectivity index (χ0v) is 25.5. The van der Waals surface area contributed by atoms with E-state index in [0.29, 0.717) is 42.8 Å². The molecular weight excluding hydrogens is 544 g/mol. The van der Waals surface area contributed by atoms with E-state index in [1.807, 2.05) is 52.0 Å². The number of alkyl carbamates (subject to hydrolysis) is 1. The highest BCUT2D eigenvalue weighted by Crippen LogP contribution is 2.24. The third kappa shape index (κ3) is 10.9. The van der Waals surface area contributed by atoms with Crippen LogP contribution in [0.15, 0.2) is 59.6 Å². The Hall–Kier alpha value is -3.90. The number of anilines is 4. The van der Waals surface area contributed by atoms with Crippen molar-refractivity contribution in [2.45, 2.75) is 70.9 Å². The quantitative estimate of drug-likeness (QED) is 0.210. The van der Waals surface area contributed by atoms with Gasteiger partial charge in [0.25, 0.3) is 0 Å². The van der Waals surface area contributed by atoms with E-state index in [2.05, 4.69) is 30.6 Å². The first-order valence-corrected chi connectivity index (χ1v) is 14.8. The van der Waals surface area contributed by atoms with E-state index in [4.69, 9.17) is 9.47 Å². The van der Waals surface area contributed by atoms with E-state index < -0.39 is 27.3 Å². The molecule has 3 aromatic rings. The summed E-state index contributed by atoms with van der Waals surface area (Å²) in [5.41, 5.74) is 1.01.